The first-order valence-electron chi connectivity index (χ1n) is 8.39. The highest BCUT2D eigenvalue weighted by atomic mass is 127. The van der Waals surface area contributed by atoms with E-state index >= 15 is 0 Å². The van der Waals surface area contributed by atoms with Crippen molar-refractivity contribution in [2.75, 3.05) is 26.8 Å². The van der Waals surface area contributed by atoms with Gasteiger partial charge in [0, 0.05) is 32.7 Å². The van der Waals surface area contributed by atoms with Crippen LogP contribution in [-0.4, -0.2) is 50.9 Å². The van der Waals surface area contributed by atoms with Gasteiger partial charge in [-0.3, -0.25) is 9.79 Å². The molecule has 1 saturated carbocycles. The molecule has 1 unspecified atom stereocenters. The molecule has 0 aliphatic heterocycles. The van der Waals surface area contributed by atoms with E-state index in [1.165, 1.54) is 12.8 Å². The van der Waals surface area contributed by atoms with Gasteiger partial charge < -0.3 is 20.1 Å². The molecule has 136 valence electrons. The van der Waals surface area contributed by atoms with Crippen molar-refractivity contribution in [3.8, 4) is 0 Å². The fraction of sp³-hybridized carbons (Fsp3) is 0.875. The van der Waals surface area contributed by atoms with Gasteiger partial charge in [0.05, 0.1) is 6.61 Å². The molecule has 0 heterocycles. The molecule has 1 aliphatic carbocycles. The van der Waals surface area contributed by atoms with Gasteiger partial charge in [-0.15, -0.1) is 24.0 Å². The van der Waals surface area contributed by atoms with E-state index in [9.17, 15) is 4.79 Å². The molecule has 6 nitrogen and oxygen atoms in total. The number of aliphatic imine (C=N–C) groups is 1. The van der Waals surface area contributed by atoms with Gasteiger partial charge in [-0.1, -0.05) is 0 Å². The third-order valence-electron chi connectivity index (χ3n) is 3.55. The maximum absolute atomic E-state index is 11.7. The van der Waals surface area contributed by atoms with Gasteiger partial charge in [-0.05, 0) is 46.0 Å². The van der Waals surface area contributed by atoms with Crippen molar-refractivity contribution in [1.82, 2.24) is 10.6 Å². The summed E-state index contributed by atoms with van der Waals surface area (Å²) in [5, 5.41) is 6.45. The molecule has 23 heavy (non-hydrogen) atoms. The summed E-state index contributed by atoms with van der Waals surface area (Å²) in [5.74, 6) is 0.670. The highest BCUT2D eigenvalue weighted by Gasteiger charge is 2.18. The molecule has 7 heteroatoms. The third-order valence-corrected chi connectivity index (χ3v) is 3.55. The zero-order chi connectivity index (χ0) is 16.2. The summed E-state index contributed by atoms with van der Waals surface area (Å²) >= 11 is 0. The molecule has 1 atom stereocenters. The summed E-state index contributed by atoms with van der Waals surface area (Å²) in [6.07, 6.45) is 5.71. The topological polar surface area (TPSA) is 72.0 Å². The number of hydrogen-bond acceptors (Lipinski definition) is 4. The Morgan fingerprint density at radius 1 is 1.35 bits per heavy atom. The second kappa shape index (κ2) is 13.8. The van der Waals surface area contributed by atoms with Crippen LogP contribution >= 0.6 is 24.0 Å². The largest absolute Gasteiger partial charge is 0.462 e. The zero-order valence-electron chi connectivity index (χ0n) is 14.6. The molecule has 0 radical (unpaired) electrons. The number of halogens is 1. The SMILES string of the molecule is CCNC(=NCCCC(=O)OC1CCCC1)NC(C)COC.I. The van der Waals surface area contributed by atoms with E-state index in [0.29, 0.717) is 26.0 Å². The standard InChI is InChI=1S/C16H31N3O3.HI/c1-4-17-16(19-13(2)12-21-3)18-11-7-10-15(20)22-14-8-5-6-9-14;/h13-14H,4-12H2,1-3H3,(H2,17,18,19);1H. The summed E-state index contributed by atoms with van der Waals surface area (Å²) in [7, 11) is 1.68. The van der Waals surface area contributed by atoms with E-state index in [0.717, 1.165) is 25.3 Å². The fourth-order valence-corrected chi connectivity index (χ4v) is 2.51. The van der Waals surface area contributed by atoms with Crippen LogP contribution in [0.3, 0.4) is 0 Å². The Labute approximate surface area is 157 Å². The molecule has 0 saturated heterocycles. The number of esters is 1. The zero-order valence-corrected chi connectivity index (χ0v) is 16.9. The van der Waals surface area contributed by atoms with Gasteiger partial charge in [-0.2, -0.15) is 0 Å². The van der Waals surface area contributed by atoms with Gasteiger partial charge in [0.1, 0.15) is 6.10 Å². The average molecular weight is 441 g/mol. The maximum atomic E-state index is 11.7. The van der Waals surface area contributed by atoms with Crippen molar-refractivity contribution in [3.63, 3.8) is 0 Å². The highest BCUT2D eigenvalue weighted by Crippen LogP contribution is 2.21. The lowest BCUT2D eigenvalue weighted by molar-refractivity contribution is -0.148. The quantitative estimate of drug-likeness (QED) is 0.189. The summed E-state index contributed by atoms with van der Waals surface area (Å²) in [5.41, 5.74) is 0. The normalized spacial score (nSPS) is 16.6. The molecule has 1 aliphatic rings. The van der Waals surface area contributed by atoms with Crippen LogP contribution in [0.1, 0.15) is 52.4 Å². The molecule has 1 rings (SSSR count). The van der Waals surface area contributed by atoms with Crippen molar-refractivity contribution in [1.29, 1.82) is 0 Å². The van der Waals surface area contributed by atoms with Gasteiger partial charge in [-0.25, -0.2) is 0 Å². The molecule has 0 spiro atoms. The minimum absolute atomic E-state index is 0. The molecule has 0 aromatic heterocycles. The Morgan fingerprint density at radius 2 is 2.04 bits per heavy atom. The lowest BCUT2D eigenvalue weighted by Gasteiger charge is -2.17. The highest BCUT2D eigenvalue weighted by molar-refractivity contribution is 14.0. The predicted molar refractivity (Wildman–Crippen MR) is 103 cm³/mol. The Bertz CT molecular complexity index is 347. The number of ether oxygens (including phenoxy) is 2. The van der Waals surface area contributed by atoms with Gasteiger partial charge in [0.25, 0.3) is 0 Å². The number of nitrogens with zero attached hydrogens (tertiary/aromatic N) is 1. The summed E-state index contributed by atoms with van der Waals surface area (Å²) in [4.78, 5) is 16.2. The van der Waals surface area contributed by atoms with Crippen LogP contribution in [0.25, 0.3) is 0 Å². The predicted octanol–water partition coefficient (Wildman–Crippen LogP) is 2.46. The Kier molecular flexibility index (Phi) is 13.5. The van der Waals surface area contributed by atoms with Crippen molar-refractivity contribution in [3.05, 3.63) is 0 Å². The van der Waals surface area contributed by atoms with E-state index in [1.807, 2.05) is 13.8 Å². The molecule has 2 N–H and O–H groups in total. The van der Waals surface area contributed by atoms with Gasteiger partial charge >= 0.3 is 5.97 Å². The molecule has 0 aromatic rings. The molecular weight excluding hydrogens is 409 g/mol. The smallest absolute Gasteiger partial charge is 0.306 e. The van der Waals surface area contributed by atoms with Crippen LogP contribution in [0.15, 0.2) is 4.99 Å². The molecular formula is C16H32IN3O3. The van der Waals surface area contributed by atoms with Crippen molar-refractivity contribution >= 4 is 35.9 Å². The molecule has 0 aromatic carbocycles. The lowest BCUT2D eigenvalue weighted by Crippen LogP contribution is -2.44. The number of carbonyl (C=O) groups is 1. The number of hydrogen-bond donors (Lipinski definition) is 2. The van der Waals surface area contributed by atoms with E-state index in [1.54, 1.807) is 7.11 Å². The average Bonchev–Trinajstić information content (AvgIpc) is 2.96. The Morgan fingerprint density at radius 3 is 2.65 bits per heavy atom. The summed E-state index contributed by atoms with van der Waals surface area (Å²) < 4.78 is 10.5. The number of methoxy groups -OCH3 is 1. The molecule has 0 bridgehead atoms. The monoisotopic (exact) mass is 441 g/mol. The lowest BCUT2D eigenvalue weighted by atomic mass is 10.3. The van der Waals surface area contributed by atoms with Crippen LogP contribution in [0.4, 0.5) is 0 Å². The number of rotatable bonds is 9. The number of carbonyl (C=O) groups excluding carboxylic acids is 1. The molecule has 0 amide bonds. The van der Waals surface area contributed by atoms with Crippen LogP contribution in [0.5, 0.6) is 0 Å². The third kappa shape index (κ3) is 10.8. The van der Waals surface area contributed by atoms with Crippen LogP contribution in [0, 0.1) is 0 Å². The van der Waals surface area contributed by atoms with Crippen LogP contribution in [0.2, 0.25) is 0 Å². The summed E-state index contributed by atoms with van der Waals surface area (Å²) in [6, 6.07) is 0.190. The van der Waals surface area contributed by atoms with Gasteiger partial charge in [0.15, 0.2) is 5.96 Å². The van der Waals surface area contributed by atoms with E-state index in [4.69, 9.17) is 9.47 Å². The maximum Gasteiger partial charge on any atom is 0.306 e. The van der Waals surface area contributed by atoms with Crippen LogP contribution in [-0.2, 0) is 14.3 Å². The van der Waals surface area contributed by atoms with E-state index in [-0.39, 0.29) is 42.1 Å². The van der Waals surface area contributed by atoms with Gasteiger partial charge in [0.2, 0.25) is 0 Å². The molecule has 1 fully saturated rings. The van der Waals surface area contributed by atoms with Crippen molar-refractivity contribution in [2.45, 2.75) is 64.5 Å². The minimum Gasteiger partial charge on any atom is -0.462 e. The van der Waals surface area contributed by atoms with E-state index in [2.05, 4.69) is 15.6 Å². The second-order valence-corrected chi connectivity index (χ2v) is 5.76. The number of nitrogens with one attached hydrogen (secondary N) is 2. The second-order valence-electron chi connectivity index (χ2n) is 5.76. The van der Waals surface area contributed by atoms with Crippen molar-refractivity contribution < 1.29 is 14.3 Å². The number of guanidine groups is 1. The minimum atomic E-state index is -0.0900. The first-order chi connectivity index (χ1) is 10.7. The first-order valence-corrected chi connectivity index (χ1v) is 8.39. The van der Waals surface area contributed by atoms with E-state index < -0.39 is 0 Å². The first kappa shape index (κ1) is 22.4. The summed E-state index contributed by atoms with van der Waals surface area (Å²) in [6.45, 7) is 6.09. The Balaban J connectivity index is 0.00000484. The fourth-order valence-electron chi connectivity index (χ4n) is 2.51. The van der Waals surface area contributed by atoms with Crippen LogP contribution < -0.4 is 10.6 Å². The van der Waals surface area contributed by atoms with Crippen molar-refractivity contribution in [2.24, 2.45) is 4.99 Å². The Hall–Kier alpha value is -0.570.